The molecule has 24 heavy (non-hydrogen) atoms. The molecule has 126 valence electrons. The summed E-state index contributed by atoms with van der Waals surface area (Å²) in [5.41, 5.74) is 0.774. The quantitative estimate of drug-likeness (QED) is 0.529. The van der Waals surface area contributed by atoms with E-state index in [9.17, 15) is 19.5 Å². The molecular formula is C15H12BrNO5S2. The molecule has 1 aromatic carbocycles. The minimum atomic E-state index is -1.29. The van der Waals surface area contributed by atoms with Gasteiger partial charge in [0.05, 0.1) is 4.91 Å². The molecule has 0 saturated carbocycles. The Morgan fingerprint density at radius 2 is 1.92 bits per heavy atom. The molecule has 6 nitrogen and oxygen atoms in total. The molecule has 1 heterocycles. The minimum absolute atomic E-state index is 0.112. The van der Waals surface area contributed by atoms with Gasteiger partial charge in [0.2, 0.25) is 0 Å². The fourth-order valence-corrected chi connectivity index (χ4v) is 3.70. The first-order valence-electron chi connectivity index (χ1n) is 6.77. The molecule has 1 aromatic rings. The molecule has 0 aliphatic carbocycles. The minimum Gasteiger partial charge on any atom is -0.481 e. The highest BCUT2D eigenvalue weighted by Crippen LogP contribution is 2.35. The Kier molecular flexibility index (Phi) is 6.14. The average Bonchev–Trinajstić information content (AvgIpc) is 2.77. The van der Waals surface area contributed by atoms with Gasteiger partial charge in [-0.15, -0.1) is 0 Å². The topological polar surface area (TPSA) is 94.9 Å². The number of carboxylic acid groups (broad SMARTS) is 2. The van der Waals surface area contributed by atoms with Gasteiger partial charge in [-0.3, -0.25) is 14.5 Å². The Labute approximate surface area is 155 Å². The fourth-order valence-electron chi connectivity index (χ4n) is 2.08. The Balaban J connectivity index is 2.24. The van der Waals surface area contributed by atoms with E-state index < -0.39 is 23.9 Å². The van der Waals surface area contributed by atoms with Gasteiger partial charge < -0.3 is 10.2 Å². The number of carboxylic acids is 2. The number of rotatable bonds is 6. The maximum absolute atomic E-state index is 12.5. The molecule has 2 N–H and O–H groups in total. The van der Waals surface area contributed by atoms with Gasteiger partial charge in [0.1, 0.15) is 10.4 Å². The van der Waals surface area contributed by atoms with Crippen LogP contribution in [0, 0.1) is 0 Å². The summed E-state index contributed by atoms with van der Waals surface area (Å²) in [6, 6.07) is 5.95. The monoisotopic (exact) mass is 429 g/mol. The van der Waals surface area contributed by atoms with Crippen molar-refractivity contribution in [1.82, 2.24) is 4.90 Å². The zero-order chi connectivity index (χ0) is 17.9. The smallest absolute Gasteiger partial charge is 0.326 e. The van der Waals surface area contributed by atoms with E-state index in [4.69, 9.17) is 17.3 Å². The summed E-state index contributed by atoms with van der Waals surface area (Å²) in [5, 5.41) is 18.0. The van der Waals surface area contributed by atoms with E-state index >= 15 is 0 Å². The van der Waals surface area contributed by atoms with E-state index in [1.807, 2.05) is 12.1 Å². The van der Waals surface area contributed by atoms with Gasteiger partial charge in [-0.1, -0.05) is 52.0 Å². The van der Waals surface area contributed by atoms with Crippen LogP contribution >= 0.6 is 39.9 Å². The third kappa shape index (κ3) is 4.43. The fraction of sp³-hybridized carbons (Fsp3) is 0.200. The van der Waals surface area contributed by atoms with E-state index in [-0.39, 0.29) is 17.2 Å². The van der Waals surface area contributed by atoms with Crippen molar-refractivity contribution in [2.75, 3.05) is 0 Å². The largest absolute Gasteiger partial charge is 0.481 e. The molecule has 2 rings (SSSR count). The van der Waals surface area contributed by atoms with Crippen LogP contribution in [0.5, 0.6) is 0 Å². The van der Waals surface area contributed by atoms with Gasteiger partial charge in [-0.25, -0.2) is 4.79 Å². The highest BCUT2D eigenvalue weighted by atomic mass is 79.9. The van der Waals surface area contributed by atoms with Gasteiger partial charge in [-0.2, -0.15) is 0 Å². The first kappa shape index (κ1) is 18.6. The van der Waals surface area contributed by atoms with Gasteiger partial charge >= 0.3 is 11.9 Å². The second kappa shape index (κ2) is 7.91. The van der Waals surface area contributed by atoms with Crippen LogP contribution in [0.15, 0.2) is 33.6 Å². The lowest BCUT2D eigenvalue weighted by molar-refractivity contribution is -0.146. The average molecular weight is 430 g/mol. The van der Waals surface area contributed by atoms with Crippen molar-refractivity contribution in [1.29, 1.82) is 0 Å². The summed E-state index contributed by atoms with van der Waals surface area (Å²) >= 11 is 9.44. The molecule has 1 amide bonds. The SMILES string of the molecule is O=C(O)CCC(C(=O)O)N1C(=O)/C(=C/c2ccc(Br)cc2)SC1=S. The zero-order valence-electron chi connectivity index (χ0n) is 12.1. The molecule has 1 atom stereocenters. The Hall–Kier alpha value is -1.71. The van der Waals surface area contributed by atoms with E-state index in [1.54, 1.807) is 18.2 Å². The maximum Gasteiger partial charge on any atom is 0.326 e. The van der Waals surface area contributed by atoms with E-state index in [2.05, 4.69) is 15.9 Å². The lowest BCUT2D eigenvalue weighted by Crippen LogP contribution is -2.44. The number of thioether (sulfide) groups is 1. The van der Waals surface area contributed by atoms with Crippen molar-refractivity contribution in [3.63, 3.8) is 0 Å². The Morgan fingerprint density at radius 3 is 2.46 bits per heavy atom. The number of halogens is 1. The standard InChI is InChI=1S/C15H12BrNO5S2/c16-9-3-1-8(2-4-9)7-11-13(20)17(15(23)24-11)10(14(21)22)5-6-12(18)19/h1-4,7,10H,5-6H2,(H,18,19)(H,21,22)/b11-7-. The van der Waals surface area contributed by atoms with Crippen molar-refractivity contribution in [2.24, 2.45) is 0 Å². The number of thiocarbonyl (C=S) groups is 1. The predicted molar refractivity (Wildman–Crippen MR) is 97.4 cm³/mol. The van der Waals surface area contributed by atoms with Gasteiger partial charge in [0, 0.05) is 10.9 Å². The summed E-state index contributed by atoms with van der Waals surface area (Å²) in [5.74, 6) is -2.93. The van der Waals surface area contributed by atoms with Crippen LogP contribution in [-0.2, 0) is 14.4 Å². The molecule has 0 spiro atoms. The third-order valence-electron chi connectivity index (χ3n) is 3.22. The number of benzene rings is 1. The highest BCUT2D eigenvalue weighted by molar-refractivity contribution is 9.10. The second-order valence-electron chi connectivity index (χ2n) is 4.89. The number of nitrogens with zero attached hydrogens (tertiary/aromatic N) is 1. The molecule has 0 bridgehead atoms. The summed E-state index contributed by atoms with van der Waals surface area (Å²) < 4.78 is 1.01. The molecule has 1 saturated heterocycles. The molecule has 0 radical (unpaired) electrons. The summed E-state index contributed by atoms with van der Waals surface area (Å²) in [6.45, 7) is 0. The summed E-state index contributed by atoms with van der Waals surface area (Å²) in [6.07, 6.45) is 1.06. The lowest BCUT2D eigenvalue weighted by Gasteiger charge is -2.22. The predicted octanol–water partition coefficient (Wildman–Crippen LogP) is 2.97. The normalized spacial score (nSPS) is 17.4. The molecular weight excluding hydrogens is 418 g/mol. The number of aliphatic carboxylic acids is 2. The van der Waals surface area contributed by atoms with E-state index in [1.165, 1.54) is 0 Å². The van der Waals surface area contributed by atoms with Crippen molar-refractivity contribution in [2.45, 2.75) is 18.9 Å². The Bertz CT molecular complexity index is 732. The maximum atomic E-state index is 12.5. The van der Waals surface area contributed by atoms with Gasteiger partial charge in [0.15, 0.2) is 0 Å². The number of amides is 1. The number of hydrogen-bond donors (Lipinski definition) is 2. The molecule has 1 fully saturated rings. The van der Waals surface area contributed by atoms with Crippen LogP contribution in [0.3, 0.4) is 0 Å². The molecule has 1 aliphatic rings. The summed E-state index contributed by atoms with van der Waals surface area (Å²) in [7, 11) is 0. The van der Waals surface area contributed by atoms with Gasteiger partial charge in [0.25, 0.3) is 5.91 Å². The second-order valence-corrected chi connectivity index (χ2v) is 7.48. The van der Waals surface area contributed by atoms with Crippen LogP contribution in [0.4, 0.5) is 0 Å². The molecule has 0 aromatic heterocycles. The molecule has 9 heteroatoms. The van der Waals surface area contributed by atoms with E-state index in [0.717, 1.165) is 26.7 Å². The van der Waals surface area contributed by atoms with Crippen molar-refractivity contribution >= 4 is 68.2 Å². The first-order chi connectivity index (χ1) is 11.3. The van der Waals surface area contributed by atoms with Crippen molar-refractivity contribution < 1.29 is 24.6 Å². The van der Waals surface area contributed by atoms with Crippen LogP contribution in [0.25, 0.3) is 6.08 Å². The Morgan fingerprint density at radius 1 is 1.29 bits per heavy atom. The first-order valence-corrected chi connectivity index (χ1v) is 8.78. The van der Waals surface area contributed by atoms with Crippen LogP contribution < -0.4 is 0 Å². The van der Waals surface area contributed by atoms with Crippen LogP contribution in [-0.4, -0.2) is 43.3 Å². The van der Waals surface area contributed by atoms with Crippen LogP contribution in [0.2, 0.25) is 0 Å². The molecule has 1 aliphatic heterocycles. The van der Waals surface area contributed by atoms with E-state index in [0.29, 0.717) is 4.91 Å². The zero-order valence-corrected chi connectivity index (χ0v) is 15.4. The lowest BCUT2D eigenvalue weighted by atomic mass is 10.1. The van der Waals surface area contributed by atoms with Crippen molar-refractivity contribution in [3.05, 3.63) is 39.2 Å². The van der Waals surface area contributed by atoms with Crippen LogP contribution in [0.1, 0.15) is 18.4 Å². The third-order valence-corrected chi connectivity index (χ3v) is 5.08. The number of carbonyl (C=O) groups excluding carboxylic acids is 1. The number of hydrogen-bond acceptors (Lipinski definition) is 5. The summed E-state index contributed by atoms with van der Waals surface area (Å²) in [4.78, 5) is 35.9. The molecule has 1 unspecified atom stereocenters. The highest BCUT2D eigenvalue weighted by Gasteiger charge is 2.40. The number of carbonyl (C=O) groups is 3. The van der Waals surface area contributed by atoms with Gasteiger partial charge in [-0.05, 0) is 30.2 Å². The van der Waals surface area contributed by atoms with Crippen molar-refractivity contribution in [3.8, 4) is 0 Å².